The first-order chi connectivity index (χ1) is 7.61. The summed E-state index contributed by atoms with van der Waals surface area (Å²) in [5.41, 5.74) is 0.910. The van der Waals surface area contributed by atoms with Gasteiger partial charge in [0.1, 0.15) is 5.75 Å². The van der Waals surface area contributed by atoms with Gasteiger partial charge in [-0.25, -0.2) is 0 Å². The predicted octanol–water partition coefficient (Wildman–Crippen LogP) is 0.991. The van der Waals surface area contributed by atoms with Crippen LogP contribution in [0.25, 0.3) is 0 Å². The second-order valence-corrected chi connectivity index (χ2v) is 4.89. The molecule has 1 saturated heterocycles. The Bertz CT molecular complexity index is 454. The number of rotatable bonds is 2. The fraction of sp³-hybridized carbons (Fsp3) is 0.400. The number of ether oxygens (including phenoxy) is 1. The van der Waals surface area contributed by atoms with E-state index in [9.17, 15) is 8.42 Å². The summed E-state index contributed by atoms with van der Waals surface area (Å²) in [6, 6.07) is 7.08. The highest BCUT2D eigenvalue weighted by Gasteiger charge is 2.25. The molecule has 1 aromatic carbocycles. The molecule has 88 valence electrons. The average molecular weight is 243 g/mol. The molecular formula is C10H13NO4S. The van der Waals surface area contributed by atoms with Crippen LogP contribution >= 0.6 is 0 Å². The van der Waals surface area contributed by atoms with Crippen molar-refractivity contribution in [3.8, 4) is 5.75 Å². The monoisotopic (exact) mass is 243 g/mol. The molecule has 0 aromatic heterocycles. The Balaban J connectivity index is 2.17. The molecule has 2 rings (SSSR count). The predicted molar refractivity (Wildman–Crippen MR) is 58.4 cm³/mol. The Kier molecular flexibility index (Phi) is 3.13. The van der Waals surface area contributed by atoms with Crippen molar-refractivity contribution in [2.45, 2.75) is 12.5 Å². The largest absolute Gasteiger partial charge is 0.497 e. The minimum atomic E-state index is -3.58. The van der Waals surface area contributed by atoms with Gasteiger partial charge in [0.05, 0.1) is 19.8 Å². The molecule has 1 aliphatic heterocycles. The minimum absolute atomic E-state index is 0.214. The van der Waals surface area contributed by atoms with E-state index in [-0.39, 0.29) is 12.6 Å². The lowest BCUT2D eigenvalue weighted by atomic mass is 10.1. The van der Waals surface area contributed by atoms with Gasteiger partial charge in [-0.15, -0.1) is 0 Å². The molecule has 1 unspecified atom stereocenters. The van der Waals surface area contributed by atoms with E-state index in [4.69, 9.17) is 4.74 Å². The van der Waals surface area contributed by atoms with Gasteiger partial charge >= 0.3 is 10.3 Å². The maximum Gasteiger partial charge on any atom is 0.336 e. The fourth-order valence-corrected chi connectivity index (χ4v) is 2.60. The first kappa shape index (κ1) is 11.4. The number of hydrogen-bond acceptors (Lipinski definition) is 4. The normalized spacial score (nSPS) is 23.9. The van der Waals surface area contributed by atoms with E-state index in [1.165, 1.54) is 0 Å². The molecule has 1 aliphatic rings. The van der Waals surface area contributed by atoms with Crippen molar-refractivity contribution >= 4 is 10.3 Å². The zero-order valence-electron chi connectivity index (χ0n) is 8.84. The summed E-state index contributed by atoms with van der Waals surface area (Å²) in [4.78, 5) is 0. The highest BCUT2D eigenvalue weighted by Crippen LogP contribution is 2.23. The fourth-order valence-electron chi connectivity index (χ4n) is 1.61. The molecule has 16 heavy (non-hydrogen) atoms. The molecule has 1 aromatic rings. The van der Waals surface area contributed by atoms with Gasteiger partial charge < -0.3 is 4.74 Å². The van der Waals surface area contributed by atoms with Gasteiger partial charge in [-0.2, -0.15) is 13.1 Å². The van der Waals surface area contributed by atoms with Crippen LogP contribution in [0.4, 0.5) is 0 Å². The van der Waals surface area contributed by atoms with Gasteiger partial charge in [-0.1, -0.05) is 12.1 Å². The Labute approximate surface area is 94.6 Å². The SMILES string of the molecule is COc1ccc(C2CCOS(=O)(=O)N2)cc1. The molecular weight excluding hydrogens is 230 g/mol. The molecule has 1 fully saturated rings. The lowest BCUT2D eigenvalue weighted by Gasteiger charge is -2.23. The van der Waals surface area contributed by atoms with Crippen LogP contribution in [-0.2, 0) is 14.5 Å². The summed E-state index contributed by atoms with van der Waals surface area (Å²) >= 11 is 0. The summed E-state index contributed by atoms with van der Waals surface area (Å²) in [7, 11) is -1.99. The third-order valence-electron chi connectivity index (χ3n) is 2.45. The Morgan fingerprint density at radius 2 is 2.06 bits per heavy atom. The summed E-state index contributed by atoms with van der Waals surface area (Å²) in [5, 5.41) is 0. The van der Waals surface area contributed by atoms with E-state index in [1.54, 1.807) is 19.2 Å². The second kappa shape index (κ2) is 4.40. The molecule has 0 radical (unpaired) electrons. The van der Waals surface area contributed by atoms with Gasteiger partial charge in [0.25, 0.3) is 0 Å². The maximum atomic E-state index is 11.2. The van der Waals surface area contributed by atoms with Gasteiger partial charge in [-0.05, 0) is 24.1 Å². The molecule has 0 saturated carbocycles. The average Bonchev–Trinajstić information content (AvgIpc) is 2.28. The van der Waals surface area contributed by atoms with Crippen molar-refractivity contribution in [1.82, 2.24) is 4.72 Å². The highest BCUT2D eigenvalue weighted by molar-refractivity contribution is 7.84. The van der Waals surface area contributed by atoms with Gasteiger partial charge in [0.15, 0.2) is 0 Å². The van der Waals surface area contributed by atoms with E-state index in [0.717, 1.165) is 11.3 Å². The summed E-state index contributed by atoms with van der Waals surface area (Å²) < 4.78 is 34.5. The molecule has 0 aliphatic carbocycles. The zero-order valence-corrected chi connectivity index (χ0v) is 9.66. The molecule has 1 atom stereocenters. The van der Waals surface area contributed by atoms with Crippen molar-refractivity contribution in [2.24, 2.45) is 0 Å². The standard InChI is InChI=1S/C10H13NO4S/c1-14-9-4-2-8(3-5-9)10-6-7-15-16(12,13)11-10/h2-5,10-11H,6-7H2,1H3. The van der Waals surface area contributed by atoms with E-state index in [2.05, 4.69) is 8.91 Å². The maximum absolute atomic E-state index is 11.2. The van der Waals surface area contributed by atoms with Crippen LogP contribution in [-0.4, -0.2) is 22.1 Å². The Morgan fingerprint density at radius 3 is 2.62 bits per heavy atom. The van der Waals surface area contributed by atoms with Gasteiger partial charge in [-0.3, -0.25) is 4.18 Å². The molecule has 6 heteroatoms. The first-order valence-electron chi connectivity index (χ1n) is 4.91. The topological polar surface area (TPSA) is 64.6 Å². The van der Waals surface area contributed by atoms with Crippen molar-refractivity contribution < 1.29 is 17.3 Å². The number of hydrogen-bond donors (Lipinski definition) is 1. The van der Waals surface area contributed by atoms with Gasteiger partial charge in [0, 0.05) is 0 Å². The van der Waals surface area contributed by atoms with E-state index in [0.29, 0.717) is 6.42 Å². The van der Waals surface area contributed by atoms with Crippen molar-refractivity contribution in [1.29, 1.82) is 0 Å². The molecule has 0 spiro atoms. The summed E-state index contributed by atoms with van der Waals surface area (Å²) in [5.74, 6) is 0.749. The van der Waals surface area contributed by atoms with E-state index in [1.807, 2.05) is 12.1 Å². The van der Waals surface area contributed by atoms with Crippen LogP contribution in [0.2, 0.25) is 0 Å². The number of benzene rings is 1. The summed E-state index contributed by atoms with van der Waals surface area (Å²) in [6.07, 6.45) is 0.631. The molecule has 1 N–H and O–H groups in total. The van der Waals surface area contributed by atoms with Crippen LogP contribution < -0.4 is 9.46 Å². The van der Waals surface area contributed by atoms with Gasteiger partial charge in [0.2, 0.25) is 0 Å². The van der Waals surface area contributed by atoms with Crippen LogP contribution in [0.5, 0.6) is 5.75 Å². The molecule has 5 nitrogen and oxygen atoms in total. The zero-order chi connectivity index (χ0) is 11.6. The lowest BCUT2D eigenvalue weighted by molar-refractivity contribution is 0.257. The smallest absolute Gasteiger partial charge is 0.336 e. The van der Waals surface area contributed by atoms with Crippen LogP contribution in [0.1, 0.15) is 18.0 Å². The first-order valence-corrected chi connectivity index (χ1v) is 6.32. The molecule has 0 amide bonds. The number of methoxy groups -OCH3 is 1. The quantitative estimate of drug-likeness (QED) is 0.841. The van der Waals surface area contributed by atoms with Crippen molar-refractivity contribution in [2.75, 3.05) is 13.7 Å². The number of nitrogens with one attached hydrogen (secondary N) is 1. The van der Waals surface area contributed by atoms with Crippen LogP contribution in [0, 0.1) is 0 Å². The lowest BCUT2D eigenvalue weighted by Crippen LogP contribution is -2.36. The van der Waals surface area contributed by atoms with Crippen LogP contribution in [0.3, 0.4) is 0 Å². The van der Waals surface area contributed by atoms with E-state index < -0.39 is 10.3 Å². The van der Waals surface area contributed by atoms with Crippen molar-refractivity contribution in [3.05, 3.63) is 29.8 Å². The van der Waals surface area contributed by atoms with Crippen molar-refractivity contribution in [3.63, 3.8) is 0 Å². The Hall–Kier alpha value is -1.11. The van der Waals surface area contributed by atoms with E-state index >= 15 is 0 Å². The summed E-state index contributed by atoms with van der Waals surface area (Å²) in [6.45, 7) is 0.214. The molecule has 0 bridgehead atoms. The third-order valence-corrected chi connectivity index (χ3v) is 3.50. The van der Waals surface area contributed by atoms with Crippen LogP contribution in [0.15, 0.2) is 24.3 Å². The molecule has 1 heterocycles. The second-order valence-electron chi connectivity index (χ2n) is 3.51. The minimum Gasteiger partial charge on any atom is -0.497 e. The third kappa shape index (κ3) is 2.52. The Morgan fingerprint density at radius 1 is 1.38 bits per heavy atom. The highest BCUT2D eigenvalue weighted by atomic mass is 32.2.